The Kier molecular flexibility index (Phi) is 5.99. The minimum absolute atomic E-state index is 0.0380. The van der Waals surface area contributed by atoms with Crippen LogP contribution >= 0.6 is 0 Å². The average Bonchev–Trinajstić information content (AvgIpc) is 3.29. The third-order valence-electron chi connectivity index (χ3n) is 4.70. The average molecular weight is 507 g/mol. The highest BCUT2D eigenvalue weighted by Crippen LogP contribution is 2.29. The third-order valence-corrected chi connectivity index (χ3v) is 6.05. The molecule has 1 N–H and O–H groups in total. The zero-order valence-electron chi connectivity index (χ0n) is 17.6. The minimum atomic E-state index is -4.83. The van der Waals surface area contributed by atoms with E-state index in [2.05, 4.69) is 14.4 Å². The fourth-order valence-electron chi connectivity index (χ4n) is 3.22. The number of nitrogens with one attached hydrogen (secondary N) is 1. The van der Waals surface area contributed by atoms with E-state index in [-0.39, 0.29) is 33.1 Å². The topological polar surface area (TPSA) is 103 Å². The van der Waals surface area contributed by atoms with E-state index < -0.39 is 33.1 Å². The number of pyridine rings is 1. The van der Waals surface area contributed by atoms with Crippen LogP contribution in [0.25, 0.3) is 16.6 Å². The Hall–Kier alpha value is -4.31. The molecule has 0 bridgehead atoms. The molecule has 35 heavy (non-hydrogen) atoms. The molecule has 8 nitrogen and oxygen atoms in total. The summed E-state index contributed by atoms with van der Waals surface area (Å²) in [4.78, 5) is 12.5. The quantitative estimate of drug-likeness (QED) is 0.325. The summed E-state index contributed by atoms with van der Waals surface area (Å²) >= 11 is 0. The Bertz CT molecular complexity index is 1650. The molecule has 0 unspecified atom stereocenters. The van der Waals surface area contributed by atoms with Gasteiger partial charge in [0, 0.05) is 35.6 Å². The fraction of sp³-hybridized carbons (Fsp3) is 0.0909. The summed E-state index contributed by atoms with van der Waals surface area (Å²) < 4.78 is 90.2. The first-order valence-corrected chi connectivity index (χ1v) is 11.0. The Morgan fingerprint density at radius 3 is 2.54 bits per heavy atom. The molecule has 0 atom stereocenters. The summed E-state index contributed by atoms with van der Waals surface area (Å²) in [6.07, 6.45) is -3.64. The van der Waals surface area contributed by atoms with Crippen LogP contribution in [-0.4, -0.2) is 31.4 Å². The normalized spacial score (nSPS) is 11.7. The smallest absolute Gasteiger partial charge is 0.458 e. The van der Waals surface area contributed by atoms with E-state index in [1.807, 2.05) is 0 Å². The van der Waals surface area contributed by atoms with Gasteiger partial charge in [0.1, 0.15) is 17.8 Å². The number of nitrogens with zero attached hydrogens (tertiary/aromatic N) is 2. The molecule has 0 aliphatic carbocycles. The van der Waals surface area contributed by atoms with Gasteiger partial charge >= 0.3 is 6.18 Å². The second-order valence-corrected chi connectivity index (χ2v) is 8.65. The number of fused-ring (bicyclic) bond motifs is 1. The molecule has 0 fully saturated rings. The van der Waals surface area contributed by atoms with E-state index in [1.54, 1.807) is 5.92 Å². The Morgan fingerprint density at radius 1 is 1.11 bits per heavy atom. The van der Waals surface area contributed by atoms with Gasteiger partial charge in [-0.2, -0.15) is 13.2 Å². The second kappa shape index (κ2) is 8.80. The van der Waals surface area contributed by atoms with Crippen molar-refractivity contribution in [1.82, 2.24) is 9.72 Å². The number of alkyl halides is 3. The van der Waals surface area contributed by atoms with Crippen molar-refractivity contribution in [2.75, 3.05) is 11.8 Å². The molecule has 2 aromatic carbocycles. The summed E-state index contributed by atoms with van der Waals surface area (Å²) in [5, 5.41) is 3.77. The van der Waals surface area contributed by atoms with Crippen molar-refractivity contribution < 1.29 is 35.2 Å². The van der Waals surface area contributed by atoms with Crippen molar-refractivity contribution in [3.63, 3.8) is 0 Å². The highest BCUT2D eigenvalue weighted by Gasteiger charge is 2.24. The summed E-state index contributed by atoms with van der Waals surface area (Å²) in [6, 6.07) is 9.37. The van der Waals surface area contributed by atoms with Crippen LogP contribution in [0.5, 0.6) is 5.75 Å². The molecule has 4 rings (SSSR count). The molecule has 13 heteroatoms. The maximum Gasteiger partial charge on any atom is 0.458 e. The second-order valence-electron chi connectivity index (χ2n) is 6.97. The molecule has 0 saturated heterocycles. The van der Waals surface area contributed by atoms with Gasteiger partial charge < -0.3 is 9.26 Å². The molecule has 4 aromatic rings. The van der Waals surface area contributed by atoms with Crippen molar-refractivity contribution in [2.45, 2.75) is 11.1 Å². The first kappa shape index (κ1) is 23.8. The molecular formula is C22H13F4N3O5S. The van der Waals surface area contributed by atoms with Gasteiger partial charge in [0.25, 0.3) is 15.6 Å². The Labute approximate surface area is 194 Å². The molecule has 2 aromatic heterocycles. The van der Waals surface area contributed by atoms with Crippen molar-refractivity contribution in [2.24, 2.45) is 0 Å². The number of anilines is 1. The summed E-state index contributed by atoms with van der Waals surface area (Å²) in [5.41, 5.74) is -1.14. The van der Waals surface area contributed by atoms with Gasteiger partial charge in [-0.15, -0.1) is 0 Å². The van der Waals surface area contributed by atoms with Gasteiger partial charge in [-0.05, 0) is 24.3 Å². The zero-order chi connectivity index (χ0) is 25.4. The highest BCUT2D eigenvalue weighted by atomic mass is 32.2. The van der Waals surface area contributed by atoms with Crippen LogP contribution < -0.4 is 15.0 Å². The number of halogens is 4. The lowest BCUT2D eigenvalue weighted by Crippen LogP contribution is -2.19. The largest absolute Gasteiger partial charge is 0.495 e. The van der Waals surface area contributed by atoms with Crippen LogP contribution in [0.4, 0.5) is 23.4 Å². The van der Waals surface area contributed by atoms with Crippen molar-refractivity contribution in [3.05, 3.63) is 76.5 Å². The van der Waals surface area contributed by atoms with E-state index in [0.717, 1.165) is 28.7 Å². The van der Waals surface area contributed by atoms with E-state index in [4.69, 9.17) is 4.74 Å². The van der Waals surface area contributed by atoms with Crippen LogP contribution in [0.15, 0.2) is 69.0 Å². The van der Waals surface area contributed by atoms with Crippen LogP contribution in [-0.2, 0) is 10.0 Å². The number of methoxy groups -OCH3 is 1. The first-order chi connectivity index (χ1) is 16.5. The molecular weight excluding hydrogens is 494 g/mol. The molecule has 2 heterocycles. The van der Waals surface area contributed by atoms with Crippen LogP contribution in [0, 0.1) is 17.7 Å². The van der Waals surface area contributed by atoms with E-state index in [9.17, 15) is 30.8 Å². The van der Waals surface area contributed by atoms with E-state index in [1.165, 1.54) is 43.7 Å². The minimum Gasteiger partial charge on any atom is -0.495 e. The van der Waals surface area contributed by atoms with Crippen molar-refractivity contribution in [1.29, 1.82) is 0 Å². The Morgan fingerprint density at radius 2 is 1.89 bits per heavy atom. The number of hydrogen-bond donors (Lipinski definition) is 1. The predicted octanol–water partition coefficient (Wildman–Crippen LogP) is 3.84. The van der Waals surface area contributed by atoms with Crippen LogP contribution in [0.1, 0.15) is 5.56 Å². The molecule has 0 spiro atoms. The maximum absolute atomic E-state index is 14.6. The summed E-state index contributed by atoms with van der Waals surface area (Å²) in [5.74, 6) is 1.40. The Balaban J connectivity index is 1.85. The van der Waals surface area contributed by atoms with Crippen molar-refractivity contribution >= 4 is 26.7 Å². The van der Waals surface area contributed by atoms with Gasteiger partial charge in [-0.1, -0.05) is 11.1 Å². The lowest BCUT2D eigenvalue weighted by Gasteiger charge is -2.15. The maximum atomic E-state index is 14.6. The standard InChI is InChI=1S/C22H13F4N3O5S/c1-33-19-11-13(6-8-22(24,25)26)16(23)12-18(19)29-17-4-3-15(10-14(17)2-5-21(29)30)35(31,32)28-20-7-9-34-27-20/h2-5,7,9-12H,1H3,(H,27,28). The van der Waals surface area contributed by atoms with Gasteiger partial charge in [-0.3, -0.25) is 14.1 Å². The monoisotopic (exact) mass is 507 g/mol. The molecule has 180 valence electrons. The molecule has 0 amide bonds. The lowest BCUT2D eigenvalue weighted by molar-refractivity contribution is -0.0696. The van der Waals surface area contributed by atoms with Crippen molar-refractivity contribution in [3.8, 4) is 23.3 Å². The number of benzene rings is 2. The number of ether oxygens (including phenoxy) is 1. The number of aromatic nitrogens is 2. The number of sulfonamides is 1. The molecule has 0 radical (unpaired) electrons. The third kappa shape index (κ3) is 4.97. The highest BCUT2D eigenvalue weighted by molar-refractivity contribution is 7.92. The summed E-state index contributed by atoms with van der Waals surface area (Å²) in [7, 11) is -2.87. The molecule has 0 aliphatic rings. The van der Waals surface area contributed by atoms with Crippen LogP contribution in [0.2, 0.25) is 0 Å². The van der Waals surface area contributed by atoms with Crippen LogP contribution in [0.3, 0.4) is 0 Å². The van der Waals surface area contributed by atoms with Gasteiger partial charge in [0.05, 0.1) is 28.8 Å². The predicted molar refractivity (Wildman–Crippen MR) is 116 cm³/mol. The number of rotatable bonds is 5. The zero-order valence-corrected chi connectivity index (χ0v) is 18.4. The lowest BCUT2D eigenvalue weighted by atomic mass is 10.1. The summed E-state index contributed by atoms with van der Waals surface area (Å²) in [6.45, 7) is 0. The van der Waals surface area contributed by atoms with E-state index >= 15 is 0 Å². The van der Waals surface area contributed by atoms with E-state index in [0.29, 0.717) is 0 Å². The number of hydrogen-bond acceptors (Lipinski definition) is 6. The fourth-order valence-corrected chi connectivity index (χ4v) is 4.24. The SMILES string of the molecule is COc1cc(C#CC(F)(F)F)c(F)cc1-n1c(=O)ccc2cc(S(=O)(=O)Nc3ccon3)ccc21. The molecule has 0 saturated carbocycles. The van der Waals surface area contributed by atoms with Gasteiger partial charge in [0.15, 0.2) is 5.82 Å². The van der Waals surface area contributed by atoms with Gasteiger partial charge in [-0.25, -0.2) is 12.8 Å². The van der Waals surface area contributed by atoms with Gasteiger partial charge in [0.2, 0.25) is 0 Å². The molecule has 0 aliphatic heterocycles. The first-order valence-electron chi connectivity index (χ1n) is 9.55.